The second kappa shape index (κ2) is 11.7. The van der Waals surface area contributed by atoms with Gasteiger partial charge in [0.25, 0.3) is 0 Å². The number of benzene rings is 2. The monoisotopic (exact) mass is 748 g/mol. The SMILES string of the molecule is Cc1[nH]nc2c1C(c1ccc(C(F)(F)F)cc1)C1=C(CC(C)(C)CC1=O)N2c1ccc([C@@H]2C3=C(CC(C)(C)CC3=O)Nc3n[nH]c(C)c32)c(C(F)(F)F)c1. The van der Waals surface area contributed by atoms with E-state index in [1.807, 2.05) is 27.7 Å². The maximum atomic E-state index is 15.5. The molecular formula is C40H38F6N6O2. The lowest BCUT2D eigenvalue weighted by atomic mass is 9.68. The van der Waals surface area contributed by atoms with Gasteiger partial charge in [0.05, 0.1) is 11.1 Å². The van der Waals surface area contributed by atoms with Crippen LogP contribution in [-0.4, -0.2) is 32.0 Å². The van der Waals surface area contributed by atoms with Gasteiger partial charge in [-0.1, -0.05) is 45.9 Å². The van der Waals surface area contributed by atoms with Gasteiger partial charge in [0.15, 0.2) is 23.2 Å². The van der Waals surface area contributed by atoms with Crippen LogP contribution in [0.5, 0.6) is 0 Å². The number of allylic oxidation sites excluding steroid dienone is 4. The summed E-state index contributed by atoms with van der Waals surface area (Å²) in [6.45, 7) is 11.1. The fourth-order valence-electron chi connectivity index (χ4n) is 8.96. The minimum absolute atomic E-state index is 0.103. The quantitative estimate of drug-likeness (QED) is 0.180. The summed E-state index contributed by atoms with van der Waals surface area (Å²) in [5.74, 6) is -1.71. The Balaban J connectivity index is 1.34. The Kier molecular flexibility index (Phi) is 7.76. The van der Waals surface area contributed by atoms with Gasteiger partial charge in [0.1, 0.15) is 0 Å². The van der Waals surface area contributed by atoms with Crippen molar-refractivity contribution in [1.82, 2.24) is 20.4 Å². The number of aryl methyl sites for hydroxylation is 2. The third-order valence-corrected chi connectivity index (χ3v) is 11.2. The second-order valence-electron chi connectivity index (χ2n) is 16.5. The zero-order chi connectivity index (χ0) is 38.9. The largest absolute Gasteiger partial charge is 0.416 e. The Morgan fingerprint density at radius 3 is 1.98 bits per heavy atom. The van der Waals surface area contributed by atoms with Gasteiger partial charge in [0, 0.05) is 75.4 Å². The highest BCUT2D eigenvalue weighted by Gasteiger charge is 2.48. The van der Waals surface area contributed by atoms with Gasteiger partial charge in [-0.05, 0) is 72.9 Å². The molecule has 1 unspecified atom stereocenters. The Bertz CT molecular complexity index is 2320. The summed E-state index contributed by atoms with van der Waals surface area (Å²) in [6.07, 6.45) is -8.39. The number of halogens is 6. The summed E-state index contributed by atoms with van der Waals surface area (Å²) < 4.78 is 87.1. The van der Waals surface area contributed by atoms with Crippen LogP contribution in [0.4, 0.5) is 43.7 Å². The third kappa shape index (κ3) is 5.67. The molecule has 0 bridgehead atoms. The van der Waals surface area contributed by atoms with E-state index in [0.717, 1.165) is 18.2 Å². The summed E-state index contributed by atoms with van der Waals surface area (Å²) in [5, 5.41) is 17.9. The molecule has 3 N–H and O–H groups in total. The number of Topliss-reactive ketones (excluding diaryl/α,β-unsaturated/α-hetero) is 2. The minimum Gasteiger partial charge on any atom is -0.342 e. The van der Waals surface area contributed by atoms with E-state index >= 15 is 13.2 Å². The first-order chi connectivity index (χ1) is 25.1. The Morgan fingerprint density at radius 1 is 0.722 bits per heavy atom. The maximum Gasteiger partial charge on any atom is 0.416 e. The fraction of sp³-hybridized carbons (Fsp3) is 0.400. The number of carbonyl (C=O) groups is 2. The van der Waals surface area contributed by atoms with Gasteiger partial charge in [-0.25, -0.2) is 0 Å². The molecule has 282 valence electrons. The van der Waals surface area contributed by atoms with Crippen LogP contribution in [-0.2, 0) is 21.9 Å². The summed E-state index contributed by atoms with van der Waals surface area (Å²) >= 11 is 0. The van der Waals surface area contributed by atoms with Crippen LogP contribution >= 0.6 is 0 Å². The number of carbonyl (C=O) groups excluding carboxylic acids is 2. The van der Waals surface area contributed by atoms with Crippen molar-refractivity contribution in [3.8, 4) is 0 Å². The molecule has 2 aromatic heterocycles. The normalized spacial score (nSPS) is 22.1. The van der Waals surface area contributed by atoms with E-state index in [1.54, 1.807) is 24.8 Å². The number of ketones is 2. The second-order valence-corrected chi connectivity index (χ2v) is 16.5. The van der Waals surface area contributed by atoms with Crippen molar-refractivity contribution in [3.63, 3.8) is 0 Å². The lowest BCUT2D eigenvalue weighted by Crippen LogP contribution is -2.38. The number of alkyl halides is 6. The summed E-state index contributed by atoms with van der Waals surface area (Å²) in [4.78, 5) is 29.6. The van der Waals surface area contributed by atoms with Crippen LogP contribution in [0, 0.1) is 24.7 Å². The summed E-state index contributed by atoms with van der Waals surface area (Å²) in [5.41, 5.74) is 1.23. The van der Waals surface area contributed by atoms with Crippen molar-refractivity contribution in [2.45, 2.75) is 91.4 Å². The molecule has 0 fully saturated rings. The predicted molar refractivity (Wildman–Crippen MR) is 189 cm³/mol. The highest BCUT2D eigenvalue weighted by Crippen LogP contribution is 2.56. The number of hydrogen-bond donors (Lipinski definition) is 3. The highest BCUT2D eigenvalue weighted by molar-refractivity contribution is 6.03. The van der Waals surface area contributed by atoms with E-state index in [1.165, 1.54) is 18.2 Å². The molecule has 4 heterocycles. The van der Waals surface area contributed by atoms with Crippen LogP contribution in [0.1, 0.15) is 110 Å². The Labute approximate surface area is 307 Å². The number of fused-ring (bicyclic) bond motifs is 2. The predicted octanol–water partition coefficient (Wildman–Crippen LogP) is 9.91. The summed E-state index contributed by atoms with van der Waals surface area (Å²) in [6, 6.07) is 8.63. The van der Waals surface area contributed by atoms with Gasteiger partial charge in [0.2, 0.25) is 0 Å². The Morgan fingerprint density at radius 2 is 1.33 bits per heavy atom. The number of anilines is 3. The fourth-order valence-corrected chi connectivity index (χ4v) is 8.96. The highest BCUT2D eigenvalue weighted by atomic mass is 19.4. The van der Waals surface area contributed by atoms with Crippen molar-refractivity contribution < 1.29 is 35.9 Å². The van der Waals surface area contributed by atoms with E-state index in [-0.39, 0.29) is 53.5 Å². The van der Waals surface area contributed by atoms with Gasteiger partial charge in [-0.2, -0.15) is 36.5 Å². The molecule has 0 spiro atoms. The van der Waals surface area contributed by atoms with E-state index in [4.69, 9.17) is 0 Å². The van der Waals surface area contributed by atoms with Crippen molar-refractivity contribution >= 4 is 28.9 Å². The van der Waals surface area contributed by atoms with Gasteiger partial charge in [-0.3, -0.25) is 24.7 Å². The van der Waals surface area contributed by atoms with Crippen LogP contribution in [0.25, 0.3) is 0 Å². The molecule has 2 atom stereocenters. The van der Waals surface area contributed by atoms with Gasteiger partial charge in [-0.15, -0.1) is 0 Å². The van der Waals surface area contributed by atoms with Crippen molar-refractivity contribution in [2.75, 3.05) is 10.2 Å². The zero-order valence-electron chi connectivity index (χ0n) is 30.5. The molecule has 2 aliphatic carbocycles. The number of nitrogens with zero attached hydrogens (tertiary/aromatic N) is 3. The third-order valence-electron chi connectivity index (χ3n) is 11.2. The zero-order valence-corrected chi connectivity index (χ0v) is 30.5. The van der Waals surface area contributed by atoms with Crippen molar-refractivity contribution in [3.05, 3.63) is 110 Å². The van der Waals surface area contributed by atoms with Crippen LogP contribution in [0.15, 0.2) is 65.0 Å². The van der Waals surface area contributed by atoms with Crippen LogP contribution in [0.3, 0.4) is 0 Å². The van der Waals surface area contributed by atoms with E-state index in [2.05, 4.69) is 25.7 Å². The first kappa shape index (κ1) is 35.9. The average Bonchev–Trinajstić information content (AvgIpc) is 3.62. The minimum atomic E-state index is -4.87. The van der Waals surface area contributed by atoms with Gasteiger partial charge >= 0.3 is 12.4 Å². The molecule has 0 amide bonds. The topological polar surface area (TPSA) is 107 Å². The number of hydrogen-bond acceptors (Lipinski definition) is 6. The molecule has 2 aromatic carbocycles. The van der Waals surface area contributed by atoms with Crippen molar-refractivity contribution in [2.24, 2.45) is 10.8 Å². The molecule has 4 aliphatic rings. The Hall–Kier alpha value is -5.14. The molecule has 8 rings (SSSR count). The smallest absolute Gasteiger partial charge is 0.342 e. The molecule has 0 saturated carbocycles. The number of aromatic nitrogens is 4. The number of H-pyrrole nitrogens is 2. The molecule has 0 radical (unpaired) electrons. The van der Waals surface area contributed by atoms with E-state index in [9.17, 15) is 22.8 Å². The van der Waals surface area contributed by atoms with Gasteiger partial charge < -0.3 is 5.32 Å². The summed E-state index contributed by atoms with van der Waals surface area (Å²) in [7, 11) is 0. The lowest BCUT2D eigenvalue weighted by molar-refractivity contribution is -0.138. The average molecular weight is 749 g/mol. The van der Waals surface area contributed by atoms with Crippen LogP contribution < -0.4 is 10.2 Å². The van der Waals surface area contributed by atoms with Crippen molar-refractivity contribution in [1.29, 1.82) is 0 Å². The molecule has 14 heteroatoms. The van der Waals surface area contributed by atoms with E-state index < -0.39 is 46.1 Å². The molecule has 4 aromatic rings. The molecule has 2 aliphatic heterocycles. The standard InChI is InChI=1S/C40H38F6N6O2/c1-18-29-32(33-25(47-35(29)50-48-18)14-37(3,4)16-27(33)53)23-12-11-22(13-24(23)40(44,45)46)52-26-15-38(5,6)17-28(54)34(26)31(30-19(2)49-51-36(30)52)20-7-9-21(10-8-20)39(41,42)43/h7-13,31-32H,14-17H2,1-6H3,(H,49,51)(H2,47,48,50)/t31?,32-/m0/s1. The maximum absolute atomic E-state index is 15.5. The first-order valence-electron chi connectivity index (χ1n) is 17.7. The molecule has 54 heavy (non-hydrogen) atoms. The van der Waals surface area contributed by atoms with Crippen LogP contribution in [0.2, 0.25) is 0 Å². The number of aromatic amines is 2. The molecular weight excluding hydrogens is 710 g/mol. The number of nitrogens with one attached hydrogen (secondary N) is 3. The lowest BCUT2D eigenvalue weighted by Gasteiger charge is -2.43. The molecule has 0 saturated heterocycles. The molecule has 8 nitrogen and oxygen atoms in total. The first-order valence-corrected chi connectivity index (χ1v) is 17.7. The van der Waals surface area contributed by atoms with E-state index in [0.29, 0.717) is 57.3 Å². The number of rotatable bonds is 3.